The van der Waals surface area contributed by atoms with Crippen LogP contribution >= 0.6 is 0 Å². The van der Waals surface area contributed by atoms with Crippen molar-refractivity contribution in [3.63, 3.8) is 0 Å². The van der Waals surface area contributed by atoms with E-state index in [1.165, 1.54) is 11.8 Å². The highest BCUT2D eigenvalue weighted by atomic mass is 19.1. The van der Waals surface area contributed by atoms with E-state index in [0.29, 0.717) is 11.5 Å². The number of carbonyl (C=O) groups excluding carboxylic acids is 2. The molecule has 9 heteroatoms. The number of halogens is 1. The van der Waals surface area contributed by atoms with Crippen molar-refractivity contribution in [1.82, 2.24) is 10.2 Å². The normalized spacial score (nSPS) is 16.4. The minimum absolute atomic E-state index is 0.00498. The van der Waals surface area contributed by atoms with E-state index in [4.69, 9.17) is 9.15 Å². The number of nitrogens with one attached hydrogen (secondary N) is 1. The Bertz CT molecular complexity index is 964. The monoisotopic (exact) mass is 404 g/mol. The summed E-state index contributed by atoms with van der Waals surface area (Å²) < 4.78 is 26.2. The zero-order valence-corrected chi connectivity index (χ0v) is 17.4. The SMILES string of the molecule is Cc1nnc(CN2C(=O)C(C)Oc3c2cc(C)c(NC(=O)CC(C)(C)C)c3F)o1. The smallest absolute Gasteiger partial charge is 0.268 e. The molecule has 0 radical (unpaired) electrons. The van der Waals surface area contributed by atoms with Gasteiger partial charge in [0.1, 0.15) is 6.54 Å². The Labute approximate surface area is 168 Å². The number of nitrogens with zero attached hydrogens (tertiary/aromatic N) is 3. The highest BCUT2D eigenvalue weighted by Crippen LogP contribution is 2.42. The molecule has 1 aromatic heterocycles. The van der Waals surface area contributed by atoms with Crippen molar-refractivity contribution < 1.29 is 23.1 Å². The van der Waals surface area contributed by atoms with Crippen LogP contribution in [0.5, 0.6) is 5.75 Å². The van der Waals surface area contributed by atoms with Gasteiger partial charge in [-0.05, 0) is 30.9 Å². The van der Waals surface area contributed by atoms with Crippen LogP contribution in [0.2, 0.25) is 0 Å². The molecule has 29 heavy (non-hydrogen) atoms. The summed E-state index contributed by atoms with van der Waals surface area (Å²) in [6.07, 6.45) is -0.664. The number of anilines is 2. The van der Waals surface area contributed by atoms with Gasteiger partial charge in [0.2, 0.25) is 17.7 Å². The van der Waals surface area contributed by atoms with E-state index in [1.54, 1.807) is 19.9 Å². The minimum Gasteiger partial charge on any atom is -0.476 e. The summed E-state index contributed by atoms with van der Waals surface area (Å²) in [5.41, 5.74) is 0.543. The predicted octanol–water partition coefficient (Wildman–Crippen LogP) is 3.51. The van der Waals surface area contributed by atoms with Crippen molar-refractivity contribution in [3.05, 3.63) is 29.2 Å². The van der Waals surface area contributed by atoms with Crippen LogP contribution in [0, 0.1) is 25.1 Å². The molecule has 2 aromatic rings. The molecule has 3 rings (SSSR count). The van der Waals surface area contributed by atoms with Gasteiger partial charge < -0.3 is 14.5 Å². The van der Waals surface area contributed by atoms with Crippen LogP contribution in [0.3, 0.4) is 0 Å². The number of rotatable bonds is 4. The Balaban J connectivity index is 1.98. The number of benzene rings is 1. The molecule has 0 saturated heterocycles. The predicted molar refractivity (Wildman–Crippen MR) is 104 cm³/mol. The molecular weight excluding hydrogens is 379 g/mol. The van der Waals surface area contributed by atoms with Gasteiger partial charge in [-0.2, -0.15) is 0 Å². The number of amides is 2. The van der Waals surface area contributed by atoms with Gasteiger partial charge in [0.25, 0.3) is 5.91 Å². The third-order valence-corrected chi connectivity index (χ3v) is 4.41. The molecule has 156 valence electrons. The summed E-state index contributed by atoms with van der Waals surface area (Å²) in [5, 5.41) is 10.3. The Morgan fingerprint density at radius 2 is 2.00 bits per heavy atom. The third kappa shape index (κ3) is 4.38. The number of aryl methyl sites for hydroxylation is 2. The summed E-state index contributed by atoms with van der Waals surface area (Å²) in [7, 11) is 0. The van der Waals surface area contributed by atoms with Crippen LogP contribution in [-0.4, -0.2) is 28.1 Å². The van der Waals surface area contributed by atoms with Crippen molar-refractivity contribution in [3.8, 4) is 5.75 Å². The van der Waals surface area contributed by atoms with Crippen molar-refractivity contribution >= 4 is 23.2 Å². The molecule has 1 unspecified atom stereocenters. The molecule has 0 aliphatic carbocycles. The number of hydrogen-bond donors (Lipinski definition) is 1. The molecule has 0 saturated carbocycles. The van der Waals surface area contributed by atoms with Crippen LogP contribution in [0.4, 0.5) is 15.8 Å². The van der Waals surface area contributed by atoms with E-state index in [2.05, 4.69) is 15.5 Å². The lowest BCUT2D eigenvalue weighted by atomic mass is 9.92. The van der Waals surface area contributed by atoms with Gasteiger partial charge in [-0.3, -0.25) is 14.5 Å². The molecule has 1 atom stereocenters. The first-order valence-corrected chi connectivity index (χ1v) is 9.36. The van der Waals surface area contributed by atoms with Crippen molar-refractivity contribution in [1.29, 1.82) is 0 Å². The van der Waals surface area contributed by atoms with Crippen LogP contribution in [0.25, 0.3) is 0 Å². The summed E-state index contributed by atoms with van der Waals surface area (Å²) in [6, 6.07) is 1.61. The van der Waals surface area contributed by atoms with Gasteiger partial charge in [0.15, 0.2) is 17.7 Å². The second-order valence-electron chi connectivity index (χ2n) is 8.42. The van der Waals surface area contributed by atoms with Crippen LogP contribution in [-0.2, 0) is 16.1 Å². The molecule has 2 heterocycles. The topological polar surface area (TPSA) is 97.6 Å². The average Bonchev–Trinajstić information content (AvgIpc) is 3.00. The lowest BCUT2D eigenvalue weighted by Gasteiger charge is -2.33. The zero-order chi connectivity index (χ0) is 21.5. The number of carbonyl (C=O) groups is 2. The Morgan fingerprint density at radius 3 is 2.59 bits per heavy atom. The van der Waals surface area contributed by atoms with Crippen LogP contribution in [0.1, 0.15) is 51.5 Å². The van der Waals surface area contributed by atoms with E-state index in [1.807, 2.05) is 20.8 Å². The van der Waals surface area contributed by atoms with Gasteiger partial charge in [-0.25, -0.2) is 4.39 Å². The first kappa shape index (κ1) is 20.8. The van der Waals surface area contributed by atoms with E-state index in [9.17, 15) is 9.59 Å². The molecule has 2 amide bonds. The highest BCUT2D eigenvalue weighted by Gasteiger charge is 2.36. The van der Waals surface area contributed by atoms with Gasteiger partial charge in [0, 0.05) is 13.3 Å². The molecule has 8 nitrogen and oxygen atoms in total. The standard InChI is InChI=1S/C20H25FN4O4/c1-10-7-13-18(16(21)17(10)22-14(26)8-20(4,5)6)28-11(2)19(27)25(13)9-15-24-23-12(3)29-15/h7,11H,8-9H2,1-6H3,(H,22,26). The minimum atomic E-state index is -0.901. The fourth-order valence-electron chi connectivity index (χ4n) is 3.14. The number of ether oxygens (including phenoxy) is 1. The first-order chi connectivity index (χ1) is 13.5. The molecule has 0 spiro atoms. The lowest BCUT2D eigenvalue weighted by Crippen LogP contribution is -2.44. The maximum absolute atomic E-state index is 15.3. The number of aromatic nitrogens is 2. The van der Waals surface area contributed by atoms with Crippen molar-refractivity contribution in [2.75, 3.05) is 10.2 Å². The third-order valence-electron chi connectivity index (χ3n) is 4.41. The quantitative estimate of drug-likeness (QED) is 0.837. The fourth-order valence-corrected chi connectivity index (χ4v) is 3.14. The zero-order valence-electron chi connectivity index (χ0n) is 17.4. The second-order valence-corrected chi connectivity index (χ2v) is 8.42. The van der Waals surface area contributed by atoms with Crippen LogP contribution in [0.15, 0.2) is 10.5 Å². The number of fused-ring (bicyclic) bond motifs is 1. The summed E-state index contributed by atoms with van der Waals surface area (Å²) in [5.74, 6) is -0.850. The average molecular weight is 404 g/mol. The van der Waals surface area contributed by atoms with Gasteiger partial charge >= 0.3 is 0 Å². The molecule has 1 aliphatic rings. The Morgan fingerprint density at radius 1 is 1.31 bits per heavy atom. The summed E-state index contributed by atoms with van der Waals surface area (Å²) >= 11 is 0. The van der Waals surface area contributed by atoms with E-state index < -0.39 is 11.9 Å². The number of hydrogen-bond acceptors (Lipinski definition) is 6. The molecule has 1 aromatic carbocycles. The molecule has 0 fully saturated rings. The Kier molecular flexibility index (Phi) is 5.34. The molecule has 1 aliphatic heterocycles. The summed E-state index contributed by atoms with van der Waals surface area (Å²) in [4.78, 5) is 26.3. The van der Waals surface area contributed by atoms with E-state index in [-0.39, 0.29) is 53.2 Å². The van der Waals surface area contributed by atoms with E-state index >= 15 is 4.39 Å². The fraction of sp³-hybridized carbons (Fsp3) is 0.500. The van der Waals surface area contributed by atoms with E-state index in [0.717, 1.165) is 0 Å². The molecule has 1 N–H and O–H groups in total. The maximum atomic E-state index is 15.3. The van der Waals surface area contributed by atoms with Crippen LogP contribution < -0.4 is 15.0 Å². The van der Waals surface area contributed by atoms with Gasteiger partial charge in [-0.1, -0.05) is 20.8 Å². The maximum Gasteiger partial charge on any atom is 0.268 e. The second kappa shape index (κ2) is 7.46. The van der Waals surface area contributed by atoms with Gasteiger partial charge in [-0.15, -0.1) is 10.2 Å². The summed E-state index contributed by atoms with van der Waals surface area (Å²) in [6.45, 7) is 10.6. The Hall–Kier alpha value is -2.97. The largest absolute Gasteiger partial charge is 0.476 e. The lowest BCUT2D eigenvalue weighted by molar-refractivity contribution is -0.126. The first-order valence-electron chi connectivity index (χ1n) is 9.36. The molecular formula is C20H25FN4O4. The van der Waals surface area contributed by atoms with Crippen molar-refractivity contribution in [2.24, 2.45) is 5.41 Å². The van der Waals surface area contributed by atoms with Gasteiger partial charge in [0.05, 0.1) is 11.4 Å². The highest BCUT2D eigenvalue weighted by molar-refractivity contribution is 6.01. The van der Waals surface area contributed by atoms with Crippen molar-refractivity contribution in [2.45, 2.75) is 60.6 Å². The molecule has 0 bridgehead atoms.